The summed E-state index contributed by atoms with van der Waals surface area (Å²) in [6, 6.07) is 0. The standard InChI is InChI=1S/C7H17Cl3N3O2P/c1-12(2)16(14,13(3)4)11-6(15-5)7(8,9)10/h6H,1-5H3,(H,11,14). The average molecular weight is 313 g/mol. The molecule has 1 unspecified atom stereocenters. The van der Waals surface area contributed by atoms with Gasteiger partial charge in [0.25, 0.3) is 7.59 Å². The molecule has 0 aliphatic carbocycles. The Morgan fingerprint density at radius 2 is 1.56 bits per heavy atom. The number of hydrogen-bond acceptors (Lipinski definition) is 2. The number of ether oxygens (including phenoxy) is 1. The highest BCUT2D eigenvalue weighted by molar-refractivity contribution is 7.56. The second-order valence-electron chi connectivity index (χ2n) is 3.52. The van der Waals surface area contributed by atoms with Gasteiger partial charge in [-0.05, 0) is 28.2 Å². The van der Waals surface area contributed by atoms with Crippen LogP contribution in [-0.2, 0) is 9.30 Å². The van der Waals surface area contributed by atoms with Gasteiger partial charge in [0.1, 0.15) is 0 Å². The summed E-state index contributed by atoms with van der Waals surface area (Å²) in [7, 11) is 5.04. The van der Waals surface area contributed by atoms with Crippen molar-refractivity contribution in [3.8, 4) is 0 Å². The first-order chi connectivity index (χ1) is 7.05. The van der Waals surface area contributed by atoms with Crippen molar-refractivity contribution in [3.05, 3.63) is 0 Å². The predicted octanol–water partition coefficient (Wildman–Crippen LogP) is 2.15. The molecular formula is C7H17Cl3N3O2P. The summed E-state index contributed by atoms with van der Waals surface area (Å²) in [5.74, 6) is 0. The fourth-order valence-corrected chi connectivity index (χ4v) is 3.44. The van der Waals surface area contributed by atoms with E-state index in [1.165, 1.54) is 16.5 Å². The predicted molar refractivity (Wildman–Crippen MR) is 69.2 cm³/mol. The molecule has 0 aromatic heterocycles. The number of halogens is 3. The Morgan fingerprint density at radius 3 is 1.75 bits per heavy atom. The van der Waals surface area contributed by atoms with Crippen LogP contribution in [0.25, 0.3) is 0 Å². The van der Waals surface area contributed by atoms with Crippen LogP contribution in [-0.4, -0.2) is 54.7 Å². The van der Waals surface area contributed by atoms with Gasteiger partial charge in [0.15, 0.2) is 6.23 Å². The molecule has 0 aliphatic rings. The minimum absolute atomic E-state index is 0.965. The molecule has 1 N–H and O–H groups in total. The lowest BCUT2D eigenvalue weighted by molar-refractivity contribution is 0.0929. The van der Waals surface area contributed by atoms with E-state index in [0.29, 0.717) is 0 Å². The van der Waals surface area contributed by atoms with Crippen molar-refractivity contribution >= 4 is 42.4 Å². The summed E-state index contributed by atoms with van der Waals surface area (Å²) in [4.78, 5) is 0. The highest BCUT2D eigenvalue weighted by Gasteiger charge is 2.40. The van der Waals surface area contributed by atoms with Crippen LogP contribution in [0.15, 0.2) is 0 Å². The minimum Gasteiger partial charge on any atom is -0.362 e. The summed E-state index contributed by atoms with van der Waals surface area (Å²) in [5, 5.41) is 2.71. The molecule has 0 saturated carbocycles. The van der Waals surface area contributed by atoms with Gasteiger partial charge in [-0.25, -0.2) is 14.4 Å². The van der Waals surface area contributed by atoms with Gasteiger partial charge in [0.2, 0.25) is 3.79 Å². The number of hydrogen-bond donors (Lipinski definition) is 1. The van der Waals surface area contributed by atoms with Gasteiger partial charge in [0, 0.05) is 7.11 Å². The topological polar surface area (TPSA) is 44.8 Å². The molecule has 98 valence electrons. The van der Waals surface area contributed by atoms with Gasteiger partial charge in [0.05, 0.1) is 0 Å². The van der Waals surface area contributed by atoms with Crippen LogP contribution in [0.3, 0.4) is 0 Å². The van der Waals surface area contributed by atoms with Gasteiger partial charge < -0.3 is 4.74 Å². The summed E-state index contributed by atoms with van der Waals surface area (Å²) in [6.45, 7) is 0. The number of nitrogens with zero attached hydrogens (tertiary/aromatic N) is 2. The Bertz CT molecular complexity index is 258. The molecule has 0 saturated heterocycles. The van der Waals surface area contributed by atoms with E-state index in [4.69, 9.17) is 39.5 Å². The lowest BCUT2D eigenvalue weighted by Crippen LogP contribution is -2.44. The van der Waals surface area contributed by atoms with E-state index in [9.17, 15) is 4.57 Å². The summed E-state index contributed by atoms with van der Waals surface area (Å²) >= 11 is 17.1. The third kappa shape index (κ3) is 4.31. The molecule has 16 heavy (non-hydrogen) atoms. The minimum atomic E-state index is -2.99. The first-order valence-electron chi connectivity index (χ1n) is 4.38. The SMILES string of the molecule is COC(NP(=O)(N(C)C)N(C)C)C(Cl)(Cl)Cl. The van der Waals surface area contributed by atoms with E-state index in [2.05, 4.69) is 5.09 Å². The number of nitrogens with one attached hydrogen (secondary N) is 1. The second-order valence-corrected chi connectivity index (χ2v) is 8.84. The molecule has 0 heterocycles. The highest BCUT2D eigenvalue weighted by atomic mass is 35.6. The van der Waals surface area contributed by atoms with Crippen molar-refractivity contribution in [3.63, 3.8) is 0 Å². The smallest absolute Gasteiger partial charge is 0.285 e. The molecule has 0 aromatic carbocycles. The van der Waals surface area contributed by atoms with E-state index in [-0.39, 0.29) is 0 Å². The van der Waals surface area contributed by atoms with E-state index >= 15 is 0 Å². The van der Waals surface area contributed by atoms with Crippen LogP contribution in [0.2, 0.25) is 0 Å². The first kappa shape index (κ1) is 16.9. The van der Waals surface area contributed by atoms with Crippen LogP contribution < -0.4 is 5.09 Å². The summed E-state index contributed by atoms with van der Waals surface area (Å²) in [5.41, 5.74) is 0. The molecular weight excluding hydrogens is 295 g/mol. The Hall–Kier alpha value is 0.940. The van der Waals surface area contributed by atoms with Crippen molar-refractivity contribution in [2.45, 2.75) is 10.0 Å². The molecule has 9 heteroatoms. The highest BCUT2D eigenvalue weighted by Crippen LogP contribution is 2.47. The maximum atomic E-state index is 12.5. The third-order valence-electron chi connectivity index (χ3n) is 1.90. The van der Waals surface area contributed by atoms with Crippen LogP contribution in [0.5, 0.6) is 0 Å². The van der Waals surface area contributed by atoms with E-state index < -0.39 is 17.6 Å². The summed E-state index contributed by atoms with van der Waals surface area (Å²) in [6.07, 6.45) is -0.965. The average Bonchev–Trinajstić information content (AvgIpc) is 2.10. The van der Waals surface area contributed by atoms with Crippen LogP contribution in [0.4, 0.5) is 0 Å². The molecule has 1 atom stereocenters. The molecule has 0 aliphatic heterocycles. The molecule has 0 fully saturated rings. The van der Waals surface area contributed by atoms with Crippen molar-refractivity contribution < 1.29 is 9.30 Å². The van der Waals surface area contributed by atoms with Crippen molar-refractivity contribution in [2.24, 2.45) is 0 Å². The maximum absolute atomic E-state index is 12.5. The molecule has 0 rings (SSSR count). The van der Waals surface area contributed by atoms with Gasteiger partial charge in [-0.2, -0.15) is 0 Å². The Balaban J connectivity index is 4.96. The third-order valence-corrected chi connectivity index (χ3v) is 5.24. The molecule has 0 bridgehead atoms. The summed E-state index contributed by atoms with van der Waals surface area (Å²) < 4.78 is 18.8. The lowest BCUT2D eigenvalue weighted by atomic mass is 10.7. The molecule has 0 aromatic rings. The molecule has 0 amide bonds. The van der Waals surface area contributed by atoms with Gasteiger partial charge in [-0.3, -0.25) is 4.57 Å². The van der Waals surface area contributed by atoms with Gasteiger partial charge in [-0.1, -0.05) is 34.8 Å². The Kier molecular flexibility index (Phi) is 6.57. The second kappa shape index (κ2) is 6.21. The monoisotopic (exact) mass is 311 g/mol. The zero-order valence-corrected chi connectivity index (χ0v) is 13.0. The van der Waals surface area contributed by atoms with Crippen LogP contribution in [0, 0.1) is 0 Å². The van der Waals surface area contributed by atoms with Gasteiger partial charge >= 0.3 is 0 Å². The van der Waals surface area contributed by atoms with Crippen molar-refractivity contribution in [1.82, 2.24) is 14.4 Å². The lowest BCUT2D eigenvalue weighted by Gasteiger charge is -2.35. The van der Waals surface area contributed by atoms with Crippen LogP contribution >= 0.6 is 42.4 Å². The zero-order chi connectivity index (χ0) is 13.1. The molecule has 0 radical (unpaired) electrons. The quantitative estimate of drug-likeness (QED) is 0.479. The van der Waals surface area contributed by atoms with E-state index in [0.717, 1.165) is 0 Å². The van der Waals surface area contributed by atoms with E-state index in [1.807, 2.05) is 0 Å². The molecule has 5 nitrogen and oxygen atoms in total. The normalized spacial score (nSPS) is 15.9. The maximum Gasteiger partial charge on any atom is 0.285 e. The fourth-order valence-electron chi connectivity index (χ4n) is 1.00. The van der Waals surface area contributed by atoms with Crippen molar-refractivity contribution in [1.29, 1.82) is 0 Å². The van der Waals surface area contributed by atoms with Crippen LogP contribution in [0.1, 0.15) is 0 Å². The van der Waals surface area contributed by atoms with Gasteiger partial charge in [-0.15, -0.1) is 0 Å². The number of methoxy groups -OCH3 is 1. The number of rotatable bonds is 5. The Labute approximate surface area is 111 Å². The molecule has 0 spiro atoms. The first-order valence-corrected chi connectivity index (χ1v) is 7.13. The van der Waals surface area contributed by atoms with Crippen molar-refractivity contribution in [2.75, 3.05) is 35.3 Å². The largest absolute Gasteiger partial charge is 0.362 e. The number of alkyl halides is 3. The fraction of sp³-hybridized carbons (Fsp3) is 1.00. The Morgan fingerprint density at radius 1 is 1.19 bits per heavy atom. The zero-order valence-electron chi connectivity index (χ0n) is 9.87. The van der Waals surface area contributed by atoms with E-state index in [1.54, 1.807) is 28.2 Å².